The van der Waals surface area contributed by atoms with Gasteiger partial charge in [-0.15, -0.1) is 0 Å². The second-order valence-corrected chi connectivity index (χ2v) is 7.23. The first-order valence-corrected chi connectivity index (χ1v) is 9.24. The first kappa shape index (κ1) is 18.1. The Labute approximate surface area is 155 Å². The van der Waals surface area contributed by atoms with E-state index in [1.165, 1.54) is 21.9 Å². The van der Waals surface area contributed by atoms with Crippen LogP contribution in [-0.4, -0.2) is 9.97 Å². The van der Waals surface area contributed by atoms with Crippen LogP contribution in [0.4, 0.5) is 0 Å². The van der Waals surface area contributed by atoms with E-state index in [2.05, 4.69) is 74.1 Å². The van der Waals surface area contributed by atoms with Crippen molar-refractivity contribution >= 4 is 21.8 Å². The molecule has 2 aromatic heterocycles. The SMILES string of the molecule is CC(C)c1ccc2cccnc2c1.CC(C)c1cnc2ccccc2c1. The topological polar surface area (TPSA) is 25.8 Å². The number of nitrogens with zero attached hydrogens (tertiary/aromatic N) is 2. The van der Waals surface area contributed by atoms with Gasteiger partial charge in [0.2, 0.25) is 0 Å². The zero-order chi connectivity index (χ0) is 18.5. The highest BCUT2D eigenvalue weighted by Crippen LogP contribution is 2.19. The molecule has 2 aromatic carbocycles. The van der Waals surface area contributed by atoms with Crippen molar-refractivity contribution in [1.29, 1.82) is 0 Å². The molecule has 0 saturated carbocycles. The number of benzene rings is 2. The van der Waals surface area contributed by atoms with E-state index >= 15 is 0 Å². The maximum atomic E-state index is 4.40. The van der Waals surface area contributed by atoms with Gasteiger partial charge in [-0.3, -0.25) is 9.97 Å². The van der Waals surface area contributed by atoms with E-state index in [1.54, 1.807) is 0 Å². The number of aromatic nitrogens is 2. The summed E-state index contributed by atoms with van der Waals surface area (Å²) in [5.41, 5.74) is 4.82. The van der Waals surface area contributed by atoms with Gasteiger partial charge in [-0.2, -0.15) is 0 Å². The summed E-state index contributed by atoms with van der Waals surface area (Å²) in [6.07, 6.45) is 3.80. The summed E-state index contributed by atoms with van der Waals surface area (Å²) >= 11 is 0. The van der Waals surface area contributed by atoms with E-state index in [0.717, 1.165) is 11.0 Å². The van der Waals surface area contributed by atoms with Crippen LogP contribution in [0.5, 0.6) is 0 Å². The molecule has 0 aliphatic carbocycles. The first-order valence-electron chi connectivity index (χ1n) is 9.24. The molecule has 132 valence electrons. The minimum Gasteiger partial charge on any atom is -0.256 e. The van der Waals surface area contributed by atoms with Gasteiger partial charge in [0.25, 0.3) is 0 Å². The molecule has 2 heterocycles. The number of hydrogen-bond acceptors (Lipinski definition) is 2. The van der Waals surface area contributed by atoms with Gasteiger partial charge >= 0.3 is 0 Å². The smallest absolute Gasteiger partial charge is 0.0704 e. The van der Waals surface area contributed by atoms with Crippen molar-refractivity contribution < 1.29 is 0 Å². The molecule has 0 fully saturated rings. The van der Waals surface area contributed by atoms with Crippen molar-refractivity contribution in [3.63, 3.8) is 0 Å². The number of hydrogen-bond donors (Lipinski definition) is 0. The fourth-order valence-electron chi connectivity index (χ4n) is 2.85. The Hall–Kier alpha value is -2.74. The van der Waals surface area contributed by atoms with Crippen molar-refractivity contribution in [2.45, 2.75) is 39.5 Å². The van der Waals surface area contributed by atoms with Crippen LogP contribution in [0, 0.1) is 0 Å². The molecule has 0 radical (unpaired) electrons. The molecule has 0 unspecified atom stereocenters. The van der Waals surface area contributed by atoms with E-state index < -0.39 is 0 Å². The number of rotatable bonds is 2. The Kier molecular flexibility index (Phi) is 5.62. The summed E-state index contributed by atoms with van der Waals surface area (Å²) in [7, 11) is 0. The molecule has 2 nitrogen and oxygen atoms in total. The molecule has 26 heavy (non-hydrogen) atoms. The van der Waals surface area contributed by atoms with Gasteiger partial charge in [0, 0.05) is 23.2 Å². The van der Waals surface area contributed by atoms with Crippen LogP contribution in [0.25, 0.3) is 21.8 Å². The minimum atomic E-state index is 0.553. The van der Waals surface area contributed by atoms with E-state index in [9.17, 15) is 0 Å². The Morgan fingerprint density at radius 1 is 0.615 bits per heavy atom. The summed E-state index contributed by atoms with van der Waals surface area (Å²) in [4.78, 5) is 8.73. The largest absolute Gasteiger partial charge is 0.256 e. The standard InChI is InChI=1S/2C12H13N/c1-9(2)11-6-5-10-4-3-7-13-12(10)8-11;1-9(2)11-7-10-5-3-4-6-12(10)13-8-11/h2*3-9H,1-2H3. The van der Waals surface area contributed by atoms with Crippen LogP contribution in [0.15, 0.2) is 73.1 Å². The van der Waals surface area contributed by atoms with Crippen LogP contribution >= 0.6 is 0 Å². The van der Waals surface area contributed by atoms with Gasteiger partial charge in [0.1, 0.15) is 0 Å². The highest BCUT2D eigenvalue weighted by atomic mass is 14.7. The van der Waals surface area contributed by atoms with Crippen LogP contribution in [-0.2, 0) is 0 Å². The predicted molar refractivity (Wildman–Crippen MR) is 112 cm³/mol. The molecular weight excluding hydrogens is 316 g/mol. The zero-order valence-electron chi connectivity index (χ0n) is 16.0. The fraction of sp³-hybridized carbons (Fsp3) is 0.250. The van der Waals surface area contributed by atoms with Crippen molar-refractivity contribution in [2.75, 3.05) is 0 Å². The molecule has 0 aliphatic rings. The number of fused-ring (bicyclic) bond motifs is 2. The Morgan fingerprint density at radius 3 is 2.12 bits per heavy atom. The lowest BCUT2D eigenvalue weighted by Gasteiger charge is -2.05. The average Bonchev–Trinajstić information content (AvgIpc) is 2.67. The van der Waals surface area contributed by atoms with Crippen molar-refractivity contribution in [2.24, 2.45) is 0 Å². The van der Waals surface area contributed by atoms with Gasteiger partial charge in [-0.25, -0.2) is 0 Å². The van der Waals surface area contributed by atoms with Gasteiger partial charge in [-0.1, -0.05) is 64.1 Å². The molecule has 0 bridgehead atoms. The van der Waals surface area contributed by atoms with Gasteiger partial charge < -0.3 is 0 Å². The maximum absolute atomic E-state index is 4.40. The van der Waals surface area contributed by atoms with E-state index in [-0.39, 0.29) is 0 Å². The third-order valence-electron chi connectivity index (χ3n) is 4.57. The number of para-hydroxylation sites is 1. The van der Waals surface area contributed by atoms with Gasteiger partial charge in [0.15, 0.2) is 0 Å². The highest BCUT2D eigenvalue weighted by molar-refractivity contribution is 5.79. The van der Waals surface area contributed by atoms with Gasteiger partial charge in [-0.05, 0) is 47.2 Å². The average molecular weight is 342 g/mol. The lowest BCUT2D eigenvalue weighted by molar-refractivity contribution is 0.862. The monoisotopic (exact) mass is 342 g/mol. The molecule has 0 aliphatic heterocycles. The second-order valence-electron chi connectivity index (χ2n) is 7.23. The summed E-state index contributed by atoms with van der Waals surface area (Å²) in [6, 6.07) is 21.0. The van der Waals surface area contributed by atoms with Crippen LogP contribution in [0.1, 0.15) is 50.7 Å². The molecule has 0 atom stereocenters. The van der Waals surface area contributed by atoms with Crippen molar-refractivity contribution in [1.82, 2.24) is 9.97 Å². The maximum Gasteiger partial charge on any atom is 0.0704 e. The van der Waals surface area contributed by atoms with Crippen molar-refractivity contribution in [3.05, 3.63) is 84.2 Å². The van der Waals surface area contributed by atoms with Crippen molar-refractivity contribution in [3.8, 4) is 0 Å². The molecule has 0 spiro atoms. The van der Waals surface area contributed by atoms with E-state index in [1.807, 2.05) is 36.7 Å². The molecule has 0 amide bonds. The first-order chi connectivity index (χ1) is 12.5. The molecule has 4 rings (SSSR count). The highest BCUT2D eigenvalue weighted by Gasteiger charge is 2.01. The molecule has 2 heteroatoms. The van der Waals surface area contributed by atoms with E-state index in [0.29, 0.717) is 11.8 Å². The lowest BCUT2D eigenvalue weighted by atomic mass is 10.0. The molecular formula is C24H26N2. The summed E-state index contributed by atoms with van der Waals surface area (Å²) in [5.74, 6) is 1.13. The molecule has 0 saturated heterocycles. The van der Waals surface area contributed by atoms with E-state index in [4.69, 9.17) is 0 Å². The summed E-state index contributed by atoms with van der Waals surface area (Å²) < 4.78 is 0. The molecule has 4 aromatic rings. The quantitative estimate of drug-likeness (QED) is 0.404. The minimum absolute atomic E-state index is 0.553. The Balaban J connectivity index is 0.000000151. The lowest BCUT2D eigenvalue weighted by Crippen LogP contribution is -1.88. The molecule has 0 N–H and O–H groups in total. The zero-order valence-corrected chi connectivity index (χ0v) is 16.0. The van der Waals surface area contributed by atoms with Crippen LogP contribution < -0.4 is 0 Å². The predicted octanol–water partition coefficient (Wildman–Crippen LogP) is 6.72. The summed E-state index contributed by atoms with van der Waals surface area (Å²) in [6.45, 7) is 8.77. The van der Waals surface area contributed by atoms with Crippen LogP contribution in [0.3, 0.4) is 0 Å². The Morgan fingerprint density at radius 2 is 1.35 bits per heavy atom. The van der Waals surface area contributed by atoms with Crippen LogP contribution in [0.2, 0.25) is 0 Å². The van der Waals surface area contributed by atoms with Gasteiger partial charge in [0.05, 0.1) is 11.0 Å². The normalized spacial score (nSPS) is 11.0. The Bertz CT molecular complexity index is 920. The fourth-order valence-corrected chi connectivity index (χ4v) is 2.85. The second kappa shape index (κ2) is 8.09. The third-order valence-corrected chi connectivity index (χ3v) is 4.57. The number of pyridine rings is 2. The third kappa shape index (κ3) is 4.26. The summed E-state index contributed by atoms with van der Waals surface area (Å²) in [5, 5.41) is 2.45.